The van der Waals surface area contributed by atoms with Crippen molar-refractivity contribution in [2.75, 3.05) is 5.75 Å². The van der Waals surface area contributed by atoms with Gasteiger partial charge in [0.05, 0.1) is 16.3 Å². The minimum Gasteiger partial charge on any atom is -0.229 e. The highest BCUT2D eigenvalue weighted by Crippen LogP contribution is 2.27. The molecule has 0 saturated heterocycles. The smallest absolute Gasteiger partial charge is 0.226 e. The van der Waals surface area contributed by atoms with Crippen molar-refractivity contribution >= 4 is 40.1 Å². The Kier molecular flexibility index (Phi) is 7.00. The molecule has 7 N–H and O–H groups in total. The van der Waals surface area contributed by atoms with Crippen molar-refractivity contribution in [2.45, 2.75) is 48.0 Å². The van der Waals surface area contributed by atoms with Crippen molar-refractivity contribution in [3.63, 3.8) is 0 Å². The molecular weight excluding hydrogens is 420 g/mol. The minimum absolute atomic E-state index is 0.0155. The number of hydrogen-bond acceptors (Lipinski definition) is 8. The molecule has 0 amide bonds. The zero-order valence-corrected chi connectivity index (χ0v) is 16.4. The third-order valence-electron chi connectivity index (χ3n) is 3.88. The Labute approximate surface area is 147 Å². The van der Waals surface area contributed by atoms with Crippen molar-refractivity contribution in [3.8, 4) is 0 Å². The molecule has 0 aromatic heterocycles. The summed E-state index contributed by atoms with van der Waals surface area (Å²) < 4.78 is 94.0. The van der Waals surface area contributed by atoms with Gasteiger partial charge in [-0.3, -0.25) is 0 Å². The van der Waals surface area contributed by atoms with E-state index >= 15 is 0 Å². The molecule has 0 aliphatic heterocycles. The number of nitrogens with one attached hydrogen (secondary N) is 1. The van der Waals surface area contributed by atoms with Crippen LogP contribution in [0.15, 0.2) is 0 Å². The largest absolute Gasteiger partial charge is 0.229 e. The molecule has 1 rings (SSSR count). The van der Waals surface area contributed by atoms with Crippen LogP contribution in [0, 0.1) is 0 Å². The van der Waals surface area contributed by atoms with Gasteiger partial charge in [0.25, 0.3) is 0 Å². The van der Waals surface area contributed by atoms with Gasteiger partial charge in [0.2, 0.25) is 40.1 Å². The highest BCUT2D eigenvalue weighted by molar-refractivity contribution is 7.93. The second-order valence-corrected chi connectivity index (χ2v) is 13.2. The van der Waals surface area contributed by atoms with E-state index in [0.29, 0.717) is 0 Å². The van der Waals surface area contributed by atoms with E-state index in [9.17, 15) is 33.7 Å². The molecule has 0 aromatic rings. The summed E-state index contributed by atoms with van der Waals surface area (Å²) in [4.78, 5) is 0. The zero-order valence-electron chi connectivity index (χ0n) is 13.1. The summed E-state index contributed by atoms with van der Waals surface area (Å²) in [5.74, 6) is -0.783. The van der Waals surface area contributed by atoms with Gasteiger partial charge in [0.1, 0.15) is 5.37 Å². The van der Waals surface area contributed by atoms with Gasteiger partial charge in [-0.15, -0.1) is 0 Å². The lowest BCUT2D eigenvalue weighted by molar-refractivity contribution is 0.463. The first kappa shape index (κ1) is 22.7. The van der Waals surface area contributed by atoms with Gasteiger partial charge in [0.15, 0.2) is 0 Å². The average molecular weight is 443 g/mol. The minimum atomic E-state index is -4.42. The van der Waals surface area contributed by atoms with Crippen LogP contribution in [-0.2, 0) is 40.1 Å². The summed E-state index contributed by atoms with van der Waals surface area (Å²) in [7, 11) is -16.4. The van der Waals surface area contributed by atoms with Crippen LogP contribution in [0.1, 0.15) is 32.1 Å². The van der Waals surface area contributed by atoms with E-state index in [1.54, 1.807) is 0 Å². The van der Waals surface area contributed by atoms with Crippen LogP contribution in [0.5, 0.6) is 0 Å². The molecule has 16 heteroatoms. The molecule has 0 bridgehead atoms. The maximum Gasteiger partial charge on any atom is 0.226 e. The van der Waals surface area contributed by atoms with Gasteiger partial charge >= 0.3 is 0 Å². The van der Waals surface area contributed by atoms with E-state index in [1.807, 2.05) is 4.72 Å². The van der Waals surface area contributed by atoms with Crippen LogP contribution in [0.3, 0.4) is 0 Å². The number of nitrogens with two attached hydrogens (primary N) is 3. The monoisotopic (exact) mass is 442 g/mol. The molecule has 0 radical (unpaired) electrons. The van der Waals surface area contributed by atoms with Crippen molar-refractivity contribution in [1.29, 1.82) is 0 Å². The first-order chi connectivity index (χ1) is 11.0. The second-order valence-electron chi connectivity index (χ2n) is 5.88. The van der Waals surface area contributed by atoms with Crippen LogP contribution >= 0.6 is 0 Å². The fourth-order valence-corrected chi connectivity index (χ4v) is 7.11. The molecule has 1 aliphatic rings. The molecule has 1 unspecified atom stereocenters. The van der Waals surface area contributed by atoms with Crippen molar-refractivity contribution < 1.29 is 33.7 Å². The first-order valence-corrected chi connectivity index (χ1v) is 13.6. The lowest BCUT2D eigenvalue weighted by Crippen LogP contribution is -2.49. The Hall–Kier alpha value is -0.360. The number of sulfonamides is 4. The van der Waals surface area contributed by atoms with Gasteiger partial charge in [-0.1, -0.05) is 0 Å². The van der Waals surface area contributed by atoms with Gasteiger partial charge in [-0.05, 0) is 32.1 Å². The molecule has 0 aromatic carbocycles. The molecule has 0 heterocycles. The predicted molar refractivity (Wildman–Crippen MR) is 90.7 cm³/mol. The van der Waals surface area contributed by atoms with E-state index in [0.717, 1.165) is 0 Å². The van der Waals surface area contributed by atoms with Gasteiger partial charge < -0.3 is 0 Å². The van der Waals surface area contributed by atoms with Crippen molar-refractivity contribution in [3.05, 3.63) is 0 Å². The average Bonchev–Trinajstić information content (AvgIpc) is 2.40. The fourth-order valence-electron chi connectivity index (χ4n) is 2.51. The summed E-state index contributed by atoms with van der Waals surface area (Å²) in [5, 5.41) is 11.0. The maximum atomic E-state index is 12.3. The summed E-state index contributed by atoms with van der Waals surface area (Å²) in [6, 6.07) is 0. The summed E-state index contributed by atoms with van der Waals surface area (Å²) in [6.45, 7) is 0. The van der Waals surface area contributed by atoms with Crippen LogP contribution in [0.25, 0.3) is 0 Å². The molecule has 0 spiro atoms. The molecular formula is C9H22N4O8S4. The Morgan fingerprint density at radius 1 is 0.800 bits per heavy atom. The lowest BCUT2D eigenvalue weighted by Gasteiger charge is -2.28. The molecule has 25 heavy (non-hydrogen) atoms. The third-order valence-corrected chi connectivity index (χ3v) is 9.34. The van der Waals surface area contributed by atoms with Crippen LogP contribution in [0.2, 0.25) is 0 Å². The van der Waals surface area contributed by atoms with E-state index in [1.165, 1.54) is 0 Å². The van der Waals surface area contributed by atoms with Gasteiger partial charge in [-0.25, -0.2) is 49.1 Å². The topological polar surface area (TPSA) is 227 Å². The van der Waals surface area contributed by atoms with Crippen molar-refractivity contribution in [1.82, 2.24) is 4.72 Å². The quantitative estimate of drug-likeness (QED) is 0.298. The van der Waals surface area contributed by atoms with Crippen LogP contribution < -0.4 is 20.1 Å². The van der Waals surface area contributed by atoms with Gasteiger partial charge in [-0.2, -0.15) is 4.72 Å². The molecule has 1 aliphatic carbocycles. The van der Waals surface area contributed by atoms with E-state index in [2.05, 4.69) is 0 Å². The number of hydrogen-bond donors (Lipinski definition) is 4. The third kappa shape index (κ3) is 7.41. The molecule has 150 valence electrons. The molecule has 12 nitrogen and oxygen atoms in total. The highest BCUT2D eigenvalue weighted by atomic mass is 32.2. The summed E-state index contributed by atoms with van der Waals surface area (Å²) in [5.41, 5.74) is 0. The van der Waals surface area contributed by atoms with E-state index in [4.69, 9.17) is 15.4 Å². The summed E-state index contributed by atoms with van der Waals surface area (Å²) >= 11 is 0. The number of rotatable bonds is 8. The van der Waals surface area contributed by atoms with E-state index < -0.39 is 68.1 Å². The number of primary sulfonamides is 3. The molecule has 1 fully saturated rings. The van der Waals surface area contributed by atoms with Crippen LogP contribution in [0.4, 0.5) is 0 Å². The predicted octanol–water partition coefficient (Wildman–Crippen LogP) is -3.20. The molecule has 1 saturated carbocycles. The van der Waals surface area contributed by atoms with E-state index in [-0.39, 0.29) is 25.7 Å². The lowest BCUT2D eigenvalue weighted by atomic mass is 10.00. The van der Waals surface area contributed by atoms with Gasteiger partial charge in [0, 0.05) is 0 Å². The normalized spacial score (nSPS) is 24.8. The maximum absolute atomic E-state index is 12.3. The summed E-state index contributed by atoms with van der Waals surface area (Å²) in [6.07, 6.45) is -0.696. The van der Waals surface area contributed by atoms with Crippen LogP contribution in [-0.4, -0.2) is 55.3 Å². The Bertz CT molecular complexity index is 885. The zero-order chi connectivity index (χ0) is 19.7. The highest BCUT2D eigenvalue weighted by Gasteiger charge is 2.37. The molecule has 1 atom stereocenters. The fraction of sp³-hybridized carbons (Fsp3) is 1.00. The Balaban J connectivity index is 2.87. The second kappa shape index (κ2) is 7.71. The first-order valence-electron chi connectivity index (χ1n) is 7.07. The Morgan fingerprint density at radius 3 is 1.60 bits per heavy atom. The standard InChI is InChI=1S/C9H22N4O8S4/c10-22(14,15)6-5-9(24(12,18)19)13-25(20,21)8-3-1-7(2-4-8)23(11,16)17/h7-9,13H,1-6H2,(H2,10,14,15)(H2,11,16,17)(H2,12,18,19). The van der Waals surface area contributed by atoms with Crippen molar-refractivity contribution in [2.24, 2.45) is 15.4 Å². The Morgan fingerprint density at radius 2 is 1.24 bits per heavy atom. The SMILES string of the molecule is NS(=O)(=O)CCC(NS(=O)(=O)C1CCC(S(N)(=O)=O)CC1)S(N)(=O)=O.